The van der Waals surface area contributed by atoms with Crippen molar-refractivity contribution in [3.63, 3.8) is 0 Å². The molecule has 2 aromatic rings. The molecule has 0 aliphatic rings. The van der Waals surface area contributed by atoms with Crippen LogP contribution < -0.4 is 10.1 Å². The predicted octanol–water partition coefficient (Wildman–Crippen LogP) is 3.31. The number of anilines is 1. The number of aryl methyl sites for hydroxylation is 2. The number of rotatable bonds is 5. The molecule has 106 valence electrons. The van der Waals surface area contributed by atoms with Crippen molar-refractivity contribution in [3.05, 3.63) is 47.3 Å². The maximum Gasteiger partial charge on any atom is 0.387 e. The number of hydrogen-bond acceptors (Lipinski definition) is 4. The number of halogens is 2. The van der Waals surface area contributed by atoms with Crippen LogP contribution in [0.3, 0.4) is 0 Å². The fourth-order valence-corrected chi connectivity index (χ4v) is 1.84. The molecule has 1 heterocycles. The maximum atomic E-state index is 12.3. The quantitative estimate of drug-likeness (QED) is 0.912. The third-order valence-electron chi connectivity index (χ3n) is 2.61. The summed E-state index contributed by atoms with van der Waals surface area (Å²) in [5, 5.41) is 3.01. The SMILES string of the molecule is Cc1cc(C)nc(NCc2ccccc2OC(F)F)n1. The van der Waals surface area contributed by atoms with E-state index in [4.69, 9.17) is 0 Å². The van der Waals surface area contributed by atoms with E-state index in [1.165, 1.54) is 6.07 Å². The molecule has 0 radical (unpaired) electrons. The smallest absolute Gasteiger partial charge is 0.387 e. The van der Waals surface area contributed by atoms with E-state index in [0.717, 1.165) is 11.4 Å². The van der Waals surface area contributed by atoms with Gasteiger partial charge in [0.1, 0.15) is 5.75 Å². The van der Waals surface area contributed by atoms with Gasteiger partial charge >= 0.3 is 6.61 Å². The fraction of sp³-hybridized carbons (Fsp3) is 0.286. The van der Waals surface area contributed by atoms with Gasteiger partial charge in [-0.25, -0.2) is 9.97 Å². The highest BCUT2D eigenvalue weighted by Gasteiger charge is 2.09. The molecular weight excluding hydrogens is 264 g/mol. The average Bonchev–Trinajstić information content (AvgIpc) is 2.36. The molecule has 0 saturated carbocycles. The molecule has 0 amide bonds. The van der Waals surface area contributed by atoms with Crippen LogP contribution in [-0.2, 0) is 6.54 Å². The molecule has 6 heteroatoms. The van der Waals surface area contributed by atoms with E-state index in [1.807, 2.05) is 19.9 Å². The Morgan fingerprint density at radius 2 is 1.80 bits per heavy atom. The van der Waals surface area contributed by atoms with Gasteiger partial charge in [-0.3, -0.25) is 0 Å². The van der Waals surface area contributed by atoms with Crippen molar-refractivity contribution in [1.82, 2.24) is 9.97 Å². The summed E-state index contributed by atoms with van der Waals surface area (Å²) in [6.07, 6.45) is 0. The van der Waals surface area contributed by atoms with Crippen LogP contribution in [-0.4, -0.2) is 16.6 Å². The first-order chi connectivity index (χ1) is 9.54. The van der Waals surface area contributed by atoms with Crippen molar-refractivity contribution in [3.8, 4) is 5.75 Å². The van der Waals surface area contributed by atoms with E-state index in [-0.39, 0.29) is 5.75 Å². The topological polar surface area (TPSA) is 47.0 Å². The first-order valence-electron chi connectivity index (χ1n) is 6.13. The van der Waals surface area contributed by atoms with Gasteiger partial charge < -0.3 is 10.1 Å². The first kappa shape index (κ1) is 14.2. The van der Waals surface area contributed by atoms with E-state index in [9.17, 15) is 8.78 Å². The molecule has 1 N–H and O–H groups in total. The Bertz CT molecular complexity index is 570. The van der Waals surface area contributed by atoms with Gasteiger partial charge in [0.05, 0.1) is 0 Å². The largest absolute Gasteiger partial charge is 0.434 e. The van der Waals surface area contributed by atoms with Gasteiger partial charge in [-0.1, -0.05) is 18.2 Å². The van der Waals surface area contributed by atoms with Gasteiger partial charge in [0.25, 0.3) is 0 Å². The van der Waals surface area contributed by atoms with E-state index in [1.54, 1.807) is 18.2 Å². The second kappa shape index (κ2) is 6.27. The normalized spacial score (nSPS) is 10.7. The monoisotopic (exact) mass is 279 g/mol. The fourth-order valence-electron chi connectivity index (χ4n) is 1.84. The lowest BCUT2D eigenvalue weighted by Gasteiger charge is -2.11. The molecule has 0 fully saturated rings. The summed E-state index contributed by atoms with van der Waals surface area (Å²) in [6.45, 7) is 1.21. The molecule has 4 nitrogen and oxygen atoms in total. The molecule has 0 unspecified atom stereocenters. The average molecular weight is 279 g/mol. The number of alkyl halides is 2. The number of nitrogens with one attached hydrogen (secondary N) is 1. The third-order valence-corrected chi connectivity index (χ3v) is 2.61. The van der Waals surface area contributed by atoms with Crippen molar-refractivity contribution in [2.45, 2.75) is 27.0 Å². The standard InChI is InChI=1S/C14H15F2N3O/c1-9-7-10(2)19-14(18-9)17-8-11-5-3-4-6-12(11)20-13(15)16/h3-7,13H,8H2,1-2H3,(H,17,18,19). The van der Waals surface area contributed by atoms with Gasteiger partial charge in [-0.15, -0.1) is 0 Å². The zero-order chi connectivity index (χ0) is 14.5. The van der Waals surface area contributed by atoms with Crippen LogP contribution in [0.15, 0.2) is 30.3 Å². The number of benzene rings is 1. The number of hydrogen-bond donors (Lipinski definition) is 1. The van der Waals surface area contributed by atoms with E-state index in [0.29, 0.717) is 18.1 Å². The van der Waals surface area contributed by atoms with Crippen LogP contribution in [0.1, 0.15) is 17.0 Å². The molecule has 0 atom stereocenters. The van der Waals surface area contributed by atoms with Gasteiger partial charge in [-0.2, -0.15) is 8.78 Å². The molecule has 2 rings (SSSR count). The minimum Gasteiger partial charge on any atom is -0.434 e. The summed E-state index contributed by atoms with van der Waals surface area (Å²) in [5.41, 5.74) is 2.31. The summed E-state index contributed by atoms with van der Waals surface area (Å²) in [6, 6.07) is 8.49. The summed E-state index contributed by atoms with van der Waals surface area (Å²) >= 11 is 0. The number of para-hydroxylation sites is 1. The van der Waals surface area contributed by atoms with Crippen molar-refractivity contribution in [2.75, 3.05) is 5.32 Å². The molecule has 0 spiro atoms. The van der Waals surface area contributed by atoms with Crippen LogP contribution >= 0.6 is 0 Å². The zero-order valence-electron chi connectivity index (χ0n) is 11.2. The molecule has 1 aromatic heterocycles. The van der Waals surface area contributed by atoms with Crippen molar-refractivity contribution < 1.29 is 13.5 Å². The van der Waals surface area contributed by atoms with Crippen molar-refractivity contribution in [2.24, 2.45) is 0 Å². The Balaban J connectivity index is 2.10. The van der Waals surface area contributed by atoms with Gasteiger partial charge in [0, 0.05) is 23.5 Å². The molecule has 0 aliphatic heterocycles. The highest BCUT2D eigenvalue weighted by molar-refractivity contribution is 5.37. The Labute approximate surface area is 115 Å². The Morgan fingerprint density at radius 1 is 1.15 bits per heavy atom. The summed E-state index contributed by atoms with van der Waals surface area (Å²) in [7, 11) is 0. The van der Waals surface area contributed by atoms with E-state index in [2.05, 4.69) is 20.0 Å². The van der Waals surface area contributed by atoms with Crippen LogP contribution in [0.2, 0.25) is 0 Å². The Hall–Kier alpha value is -2.24. The lowest BCUT2D eigenvalue weighted by molar-refractivity contribution is -0.0504. The zero-order valence-corrected chi connectivity index (χ0v) is 11.2. The highest BCUT2D eigenvalue weighted by atomic mass is 19.3. The number of aromatic nitrogens is 2. The van der Waals surface area contributed by atoms with Gasteiger partial charge in [0.2, 0.25) is 5.95 Å². The second-order valence-corrected chi connectivity index (χ2v) is 4.31. The molecule has 0 aliphatic carbocycles. The first-order valence-corrected chi connectivity index (χ1v) is 6.13. The minimum atomic E-state index is -2.84. The van der Waals surface area contributed by atoms with Gasteiger partial charge in [-0.05, 0) is 26.0 Å². The predicted molar refractivity (Wildman–Crippen MR) is 71.9 cm³/mol. The van der Waals surface area contributed by atoms with Crippen molar-refractivity contribution >= 4 is 5.95 Å². The lowest BCUT2D eigenvalue weighted by atomic mass is 10.2. The summed E-state index contributed by atoms with van der Waals surface area (Å²) in [5.74, 6) is 0.619. The molecule has 0 saturated heterocycles. The van der Waals surface area contributed by atoms with Crippen LogP contribution in [0.25, 0.3) is 0 Å². The van der Waals surface area contributed by atoms with E-state index >= 15 is 0 Å². The maximum absolute atomic E-state index is 12.3. The van der Waals surface area contributed by atoms with Crippen molar-refractivity contribution in [1.29, 1.82) is 0 Å². The number of ether oxygens (including phenoxy) is 1. The van der Waals surface area contributed by atoms with Gasteiger partial charge in [0.15, 0.2) is 0 Å². The second-order valence-electron chi connectivity index (χ2n) is 4.31. The minimum absolute atomic E-state index is 0.152. The molecule has 0 bridgehead atoms. The summed E-state index contributed by atoms with van der Waals surface area (Å²) in [4.78, 5) is 8.46. The molecule has 20 heavy (non-hydrogen) atoms. The van der Waals surface area contributed by atoms with E-state index < -0.39 is 6.61 Å². The van der Waals surface area contributed by atoms with Crippen LogP contribution in [0, 0.1) is 13.8 Å². The summed E-state index contributed by atoms with van der Waals surface area (Å²) < 4.78 is 29.1. The molecular formula is C14H15F2N3O. The Morgan fingerprint density at radius 3 is 2.45 bits per heavy atom. The molecule has 1 aromatic carbocycles. The van der Waals surface area contributed by atoms with Crippen LogP contribution in [0.4, 0.5) is 14.7 Å². The highest BCUT2D eigenvalue weighted by Crippen LogP contribution is 2.21. The lowest BCUT2D eigenvalue weighted by Crippen LogP contribution is -2.09. The Kier molecular flexibility index (Phi) is 4.45. The third kappa shape index (κ3) is 3.88. The number of nitrogens with zero attached hydrogens (tertiary/aromatic N) is 2. The van der Waals surface area contributed by atoms with Crippen LogP contribution in [0.5, 0.6) is 5.75 Å².